The Balaban J connectivity index is 2.21. The predicted octanol–water partition coefficient (Wildman–Crippen LogP) is 7.46. The summed E-state index contributed by atoms with van der Waals surface area (Å²) in [4.78, 5) is 25.1. The number of ether oxygens (including phenoxy) is 4. The minimum absolute atomic E-state index is 0.187. The van der Waals surface area contributed by atoms with E-state index in [9.17, 15) is 9.59 Å². The first-order valence-corrected chi connectivity index (χ1v) is 11.9. The highest BCUT2D eigenvalue weighted by atomic mass is 16.7. The van der Waals surface area contributed by atoms with Crippen molar-refractivity contribution in [2.45, 2.75) is 54.4 Å². The van der Waals surface area contributed by atoms with Crippen LogP contribution < -0.4 is 9.47 Å². The number of fused-ring (bicyclic) bond motifs is 2. The molecule has 0 aliphatic carbocycles. The van der Waals surface area contributed by atoms with E-state index in [1.54, 1.807) is 0 Å². The summed E-state index contributed by atoms with van der Waals surface area (Å²) in [6.07, 6.45) is 0.0743. The van der Waals surface area contributed by atoms with Crippen LogP contribution in [0.15, 0.2) is 36.4 Å². The van der Waals surface area contributed by atoms with Gasteiger partial charge in [-0.1, -0.05) is 65.8 Å². The van der Waals surface area contributed by atoms with E-state index in [4.69, 9.17) is 18.9 Å². The molecule has 0 heterocycles. The van der Waals surface area contributed by atoms with E-state index in [0.29, 0.717) is 33.0 Å². The normalized spacial score (nSPS) is 11.3. The summed E-state index contributed by atoms with van der Waals surface area (Å²) >= 11 is 0. The van der Waals surface area contributed by atoms with Gasteiger partial charge in [0.05, 0.1) is 13.2 Å². The lowest BCUT2D eigenvalue weighted by Crippen LogP contribution is -2.16. The molecule has 0 aliphatic rings. The van der Waals surface area contributed by atoms with Crippen molar-refractivity contribution >= 4 is 33.9 Å². The molecule has 0 N–H and O–H groups in total. The summed E-state index contributed by atoms with van der Waals surface area (Å²) in [5, 5.41) is 2.66. The maximum atomic E-state index is 12.6. The van der Waals surface area contributed by atoms with Gasteiger partial charge in [0, 0.05) is 21.5 Å². The number of rotatable bonds is 8. The highest BCUT2D eigenvalue weighted by Gasteiger charge is 2.22. The Labute approximate surface area is 201 Å². The first-order valence-electron chi connectivity index (χ1n) is 11.9. The van der Waals surface area contributed by atoms with Gasteiger partial charge in [-0.3, -0.25) is 0 Å². The van der Waals surface area contributed by atoms with Crippen LogP contribution >= 0.6 is 0 Å². The van der Waals surface area contributed by atoms with Crippen LogP contribution in [0.25, 0.3) is 21.5 Å². The molecule has 3 aromatic carbocycles. The number of benzene rings is 3. The number of carbonyl (C=O) groups is 2. The zero-order chi connectivity index (χ0) is 24.8. The Bertz CT molecular complexity index is 1110. The van der Waals surface area contributed by atoms with E-state index in [0.717, 1.165) is 24.0 Å². The third-order valence-corrected chi connectivity index (χ3v) is 5.40. The molecule has 3 rings (SSSR count). The van der Waals surface area contributed by atoms with Crippen LogP contribution in [0.4, 0.5) is 9.59 Å². The van der Waals surface area contributed by atoms with Crippen molar-refractivity contribution in [2.24, 2.45) is 11.8 Å². The van der Waals surface area contributed by atoms with Gasteiger partial charge in [-0.15, -0.1) is 0 Å². The molecule has 182 valence electrons. The van der Waals surface area contributed by atoms with Crippen molar-refractivity contribution in [3.05, 3.63) is 47.5 Å². The summed E-state index contributed by atoms with van der Waals surface area (Å²) in [5.41, 5.74) is 2.12. The monoisotopic (exact) mass is 466 g/mol. The van der Waals surface area contributed by atoms with Crippen molar-refractivity contribution in [2.75, 3.05) is 13.2 Å². The summed E-state index contributed by atoms with van der Waals surface area (Å²) < 4.78 is 22.1. The van der Waals surface area contributed by atoms with Crippen LogP contribution in [0.3, 0.4) is 0 Å². The molecule has 0 radical (unpaired) electrons. The van der Waals surface area contributed by atoms with Crippen LogP contribution in [0, 0.1) is 11.8 Å². The number of carbonyl (C=O) groups excluding carboxylic acids is 2. The van der Waals surface area contributed by atoms with Crippen molar-refractivity contribution in [3.8, 4) is 11.5 Å². The third kappa shape index (κ3) is 5.99. The van der Waals surface area contributed by atoms with Crippen molar-refractivity contribution in [3.63, 3.8) is 0 Å². The SMILES string of the molecule is CCc1ccc2c(OC(=O)OCC(C)C)c3ccc(CC)cc3c(OC(=O)OCC(C)C)c2c1. The lowest BCUT2D eigenvalue weighted by molar-refractivity contribution is 0.0879. The molecule has 0 bridgehead atoms. The van der Waals surface area contributed by atoms with Gasteiger partial charge in [-0.05, 0) is 47.9 Å². The smallest absolute Gasteiger partial charge is 0.434 e. The Morgan fingerprint density at radius 2 is 1.03 bits per heavy atom. The van der Waals surface area contributed by atoms with Crippen LogP contribution in [0.5, 0.6) is 11.5 Å². The predicted molar refractivity (Wildman–Crippen MR) is 134 cm³/mol. The second-order valence-corrected chi connectivity index (χ2v) is 9.24. The molecular weight excluding hydrogens is 432 g/mol. The molecule has 0 unspecified atom stereocenters. The van der Waals surface area contributed by atoms with Crippen LogP contribution in [-0.2, 0) is 22.3 Å². The molecule has 0 atom stereocenters. The minimum atomic E-state index is -0.763. The van der Waals surface area contributed by atoms with Gasteiger partial charge in [-0.2, -0.15) is 0 Å². The van der Waals surface area contributed by atoms with Crippen LogP contribution in [-0.4, -0.2) is 25.5 Å². The topological polar surface area (TPSA) is 71.1 Å². The van der Waals surface area contributed by atoms with Crippen LogP contribution in [0.2, 0.25) is 0 Å². The fourth-order valence-electron chi connectivity index (χ4n) is 3.60. The van der Waals surface area contributed by atoms with E-state index >= 15 is 0 Å². The molecule has 6 heteroatoms. The second-order valence-electron chi connectivity index (χ2n) is 9.24. The molecule has 34 heavy (non-hydrogen) atoms. The number of hydrogen-bond donors (Lipinski definition) is 0. The lowest BCUT2D eigenvalue weighted by Gasteiger charge is -2.18. The fraction of sp³-hybridized carbons (Fsp3) is 0.429. The third-order valence-electron chi connectivity index (χ3n) is 5.40. The van der Waals surface area contributed by atoms with E-state index in [1.807, 2.05) is 64.1 Å². The van der Waals surface area contributed by atoms with Gasteiger partial charge in [0.2, 0.25) is 0 Å². The summed E-state index contributed by atoms with van der Waals surface area (Å²) in [6, 6.07) is 11.6. The van der Waals surface area contributed by atoms with Gasteiger partial charge >= 0.3 is 12.3 Å². The average Bonchev–Trinajstić information content (AvgIpc) is 2.82. The second kappa shape index (κ2) is 11.2. The lowest BCUT2D eigenvalue weighted by atomic mass is 9.96. The molecule has 3 aromatic rings. The Morgan fingerprint density at radius 1 is 0.647 bits per heavy atom. The fourth-order valence-corrected chi connectivity index (χ4v) is 3.60. The van der Waals surface area contributed by atoms with E-state index in [2.05, 4.69) is 13.8 Å². The number of aryl methyl sites for hydroxylation is 2. The van der Waals surface area contributed by atoms with Gasteiger partial charge in [0.15, 0.2) is 0 Å². The molecule has 0 aliphatic heterocycles. The zero-order valence-electron chi connectivity index (χ0n) is 20.9. The molecule has 0 fully saturated rings. The van der Waals surface area contributed by atoms with E-state index in [-0.39, 0.29) is 25.0 Å². The summed E-state index contributed by atoms with van der Waals surface area (Å²) in [7, 11) is 0. The highest BCUT2D eigenvalue weighted by Crippen LogP contribution is 2.44. The quantitative estimate of drug-likeness (QED) is 0.195. The first kappa shape index (κ1) is 25.3. The highest BCUT2D eigenvalue weighted by molar-refractivity contribution is 6.12. The zero-order valence-corrected chi connectivity index (χ0v) is 20.9. The van der Waals surface area contributed by atoms with Crippen molar-refractivity contribution in [1.29, 1.82) is 0 Å². The number of hydrogen-bond acceptors (Lipinski definition) is 6. The van der Waals surface area contributed by atoms with Gasteiger partial charge < -0.3 is 18.9 Å². The van der Waals surface area contributed by atoms with Crippen molar-refractivity contribution < 1.29 is 28.5 Å². The molecule has 0 amide bonds. The largest absolute Gasteiger partial charge is 0.513 e. The maximum absolute atomic E-state index is 12.6. The van der Waals surface area contributed by atoms with E-state index < -0.39 is 12.3 Å². The van der Waals surface area contributed by atoms with Gasteiger partial charge in [0.1, 0.15) is 11.5 Å². The Kier molecular flexibility index (Phi) is 8.37. The Hall–Kier alpha value is -3.28. The van der Waals surface area contributed by atoms with Gasteiger partial charge in [-0.25, -0.2) is 9.59 Å². The van der Waals surface area contributed by atoms with Gasteiger partial charge in [0.25, 0.3) is 0 Å². The van der Waals surface area contributed by atoms with Crippen LogP contribution in [0.1, 0.15) is 52.7 Å². The molecule has 0 aromatic heterocycles. The average molecular weight is 467 g/mol. The minimum Gasteiger partial charge on any atom is -0.434 e. The van der Waals surface area contributed by atoms with Crippen molar-refractivity contribution in [1.82, 2.24) is 0 Å². The standard InChI is InChI=1S/C28H34O6/c1-7-19-9-11-21-23(13-19)26(34-28(30)32-16-18(5)6)24-14-20(8-2)10-12-22(24)25(21)33-27(29)31-15-17(3)4/h9-14,17-18H,7-8,15-16H2,1-6H3. The van der Waals surface area contributed by atoms with E-state index in [1.165, 1.54) is 0 Å². The summed E-state index contributed by atoms with van der Waals surface area (Å²) in [6.45, 7) is 12.5. The summed E-state index contributed by atoms with van der Waals surface area (Å²) in [5.74, 6) is 1.15. The molecule has 0 saturated heterocycles. The molecule has 0 saturated carbocycles. The first-order chi connectivity index (χ1) is 16.2. The molecule has 6 nitrogen and oxygen atoms in total. The maximum Gasteiger partial charge on any atom is 0.513 e. The Morgan fingerprint density at radius 3 is 1.38 bits per heavy atom. The molecular formula is C28H34O6. The molecule has 0 spiro atoms.